The van der Waals surface area contributed by atoms with Crippen molar-refractivity contribution in [2.24, 2.45) is 0 Å². The van der Waals surface area contributed by atoms with E-state index in [2.05, 4.69) is 0 Å². The van der Waals surface area contributed by atoms with E-state index in [0.717, 1.165) is 42.2 Å². The standard InChI is InChI=1S/C21H18F2O/c1-12-17(22)10-13-6-2-4-8-15(13)19(12)20-16-9-5-3-7-14(16)11-18(23)21(20)24/h3,5,7,9-11,24H,2,4,6,8H2,1H3. The van der Waals surface area contributed by atoms with Crippen LogP contribution in [0.5, 0.6) is 5.75 Å². The van der Waals surface area contributed by atoms with E-state index in [1.54, 1.807) is 13.0 Å². The summed E-state index contributed by atoms with van der Waals surface area (Å²) in [5.41, 5.74) is 3.58. The van der Waals surface area contributed by atoms with Gasteiger partial charge in [0.05, 0.1) is 0 Å². The predicted molar refractivity (Wildman–Crippen MR) is 92.3 cm³/mol. The van der Waals surface area contributed by atoms with Crippen molar-refractivity contribution < 1.29 is 13.9 Å². The Balaban J connectivity index is 2.16. The van der Waals surface area contributed by atoms with E-state index >= 15 is 0 Å². The molecule has 0 aromatic heterocycles. The molecule has 3 aromatic rings. The predicted octanol–water partition coefficient (Wildman–Crippen LogP) is 5.68. The normalized spacial score (nSPS) is 14.0. The largest absolute Gasteiger partial charge is 0.504 e. The summed E-state index contributed by atoms with van der Waals surface area (Å²) in [6.07, 6.45) is 3.72. The van der Waals surface area contributed by atoms with Crippen LogP contribution in [0.15, 0.2) is 36.4 Å². The van der Waals surface area contributed by atoms with Gasteiger partial charge in [-0.3, -0.25) is 0 Å². The summed E-state index contributed by atoms with van der Waals surface area (Å²) in [6.45, 7) is 1.71. The van der Waals surface area contributed by atoms with Crippen LogP contribution < -0.4 is 0 Å². The number of hydrogen-bond acceptors (Lipinski definition) is 1. The second kappa shape index (κ2) is 5.59. The highest BCUT2D eigenvalue weighted by atomic mass is 19.1. The molecule has 0 aliphatic heterocycles. The first-order valence-electron chi connectivity index (χ1n) is 8.29. The maximum absolute atomic E-state index is 14.5. The lowest BCUT2D eigenvalue weighted by Gasteiger charge is -2.23. The van der Waals surface area contributed by atoms with Gasteiger partial charge in [-0.05, 0) is 77.8 Å². The number of aryl methyl sites for hydroxylation is 1. The highest BCUT2D eigenvalue weighted by Crippen LogP contribution is 2.44. The summed E-state index contributed by atoms with van der Waals surface area (Å²) < 4.78 is 28.8. The van der Waals surface area contributed by atoms with Crippen LogP contribution in [0.3, 0.4) is 0 Å². The monoisotopic (exact) mass is 324 g/mol. The molecule has 3 heteroatoms. The van der Waals surface area contributed by atoms with Crippen LogP contribution in [0.4, 0.5) is 8.78 Å². The first kappa shape index (κ1) is 15.1. The van der Waals surface area contributed by atoms with Gasteiger partial charge in [-0.25, -0.2) is 8.78 Å². The molecule has 4 rings (SSSR count). The number of benzene rings is 3. The van der Waals surface area contributed by atoms with Gasteiger partial charge in [-0.2, -0.15) is 0 Å². The van der Waals surface area contributed by atoms with Crippen LogP contribution in [0.1, 0.15) is 29.5 Å². The van der Waals surface area contributed by atoms with Gasteiger partial charge in [-0.1, -0.05) is 24.3 Å². The molecular weight excluding hydrogens is 306 g/mol. The average molecular weight is 324 g/mol. The van der Waals surface area contributed by atoms with Crippen LogP contribution in [0, 0.1) is 18.6 Å². The third kappa shape index (κ3) is 2.19. The van der Waals surface area contributed by atoms with Crippen molar-refractivity contribution in [3.8, 4) is 16.9 Å². The Morgan fingerprint density at radius 3 is 2.50 bits per heavy atom. The molecule has 1 aliphatic rings. The fourth-order valence-electron chi connectivity index (χ4n) is 3.87. The molecule has 1 nitrogen and oxygen atoms in total. The first-order valence-corrected chi connectivity index (χ1v) is 8.29. The van der Waals surface area contributed by atoms with Crippen LogP contribution in [-0.4, -0.2) is 5.11 Å². The minimum atomic E-state index is -0.670. The van der Waals surface area contributed by atoms with Gasteiger partial charge < -0.3 is 5.11 Å². The van der Waals surface area contributed by atoms with Crippen molar-refractivity contribution in [3.05, 3.63) is 64.7 Å². The summed E-state index contributed by atoms with van der Waals surface area (Å²) in [6, 6.07) is 10.3. The van der Waals surface area contributed by atoms with Crippen LogP contribution in [0.2, 0.25) is 0 Å². The van der Waals surface area contributed by atoms with Gasteiger partial charge >= 0.3 is 0 Å². The Hall–Kier alpha value is -2.42. The summed E-state index contributed by atoms with van der Waals surface area (Å²) >= 11 is 0. The van der Waals surface area contributed by atoms with Crippen LogP contribution >= 0.6 is 0 Å². The summed E-state index contributed by atoms with van der Waals surface area (Å²) in [7, 11) is 0. The molecule has 0 saturated carbocycles. The molecule has 0 fully saturated rings. The van der Waals surface area contributed by atoms with Crippen molar-refractivity contribution in [1.82, 2.24) is 0 Å². The molecule has 24 heavy (non-hydrogen) atoms. The molecule has 0 spiro atoms. The molecule has 0 heterocycles. The lowest BCUT2D eigenvalue weighted by Crippen LogP contribution is -2.08. The second-order valence-corrected chi connectivity index (χ2v) is 6.51. The zero-order chi connectivity index (χ0) is 16.8. The van der Waals surface area contributed by atoms with E-state index < -0.39 is 11.6 Å². The molecule has 0 unspecified atom stereocenters. The molecule has 1 aliphatic carbocycles. The number of rotatable bonds is 1. The molecule has 3 aromatic carbocycles. The fourth-order valence-corrected chi connectivity index (χ4v) is 3.87. The molecule has 0 saturated heterocycles. The van der Waals surface area contributed by atoms with E-state index in [1.165, 1.54) is 6.07 Å². The third-order valence-corrected chi connectivity index (χ3v) is 5.07. The van der Waals surface area contributed by atoms with Crippen molar-refractivity contribution in [1.29, 1.82) is 0 Å². The molecule has 0 amide bonds. The lowest BCUT2D eigenvalue weighted by atomic mass is 9.82. The Morgan fingerprint density at radius 1 is 0.917 bits per heavy atom. The second-order valence-electron chi connectivity index (χ2n) is 6.51. The number of hydrogen-bond donors (Lipinski definition) is 1. The van der Waals surface area contributed by atoms with Gasteiger partial charge in [0.15, 0.2) is 11.6 Å². The number of halogens is 2. The number of aromatic hydroxyl groups is 1. The molecule has 0 atom stereocenters. The quantitative estimate of drug-likeness (QED) is 0.611. The topological polar surface area (TPSA) is 20.2 Å². The molecule has 1 N–H and O–H groups in total. The number of fused-ring (bicyclic) bond motifs is 2. The molecule has 0 bridgehead atoms. The van der Waals surface area contributed by atoms with Gasteiger partial charge in [0, 0.05) is 5.56 Å². The fraction of sp³-hybridized carbons (Fsp3) is 0.238. The van der Waals surface area contributed by atoms with Crippen LogP contribution in [-0.2, 0) is 12.8 Å². The number of phenols is 1. The van der Waals surface area contributed by atoms with Crippen molar-refractivity contribution in [3.63, 3.8) is 0 Å². The maximum Gasteiger partial charge on any atom is 0.166 e. The van der Waals surface area contributed by atoms with Crippen LogP contribution in [0.25, 0.3) is 21.9 Å². The SMILES string of the molecule is Cc1c(F)cc2c(c1-c1c(O)c(F)cc3ccccc13)CCCC2. The summed E-state index contributed by atoms with van der Waals surface area (Å²) in [4.78, 5) is 0. The summed E-state index contributed by atoms with van der Waals surface area (Å²) in [5, 5.41) is 11.9. The Kier molecular flexibility index (Phi) is 3.52. The maximum atomic E-state index is 14.5. The number of phenolic OH excluding ortho intramolecular Hbond substituents is 1. The lowest BCUT2D eigenvalue weighted by molar-refractivity contribution is 0.435. The van der Waals surface area contributed by atoms with E-state index in [-0.39, 0.29) is 5.82 Å². The van der Waals surface area contributed by atoms with E-state index in [9.17, 15) is 13.9 Å². The Morgan fingerprint density at radius 2 is 1.67 bits per heavy atom. The Labute approximate surface area is 139 Å². The highest BCUT2D eigenvalue weighted by molar-refractivity contribution is 6.01. The molecule has 122 valence electrons. The third-order valence-electron chi connectivity index (χ3n) is 5.07. The smallest absolute Gasteiger partial charge is 0.166 e. The molecular formula is C21H18F2O. The zero-order valence-corrected chi connectivity index (χ0v) is 13.5. The van der Waals surface area contributed by atoms with Gasteiger partial charge in [0.25, 0.3) is 0 Å². The van der Waals surface area contributed by atoms with Gasteiger partial charge in [-0.15, -0.1) is 0 Å². The highest BCUT2D eigenvalue weighted by Gasteiger charge is 2.24. The Bertz CT molecular complexity index is 960. The van der Waals surface area contributed by atoms with Crippen molar-refractivity contribution >= 4 is 10.8 Å². The molecule has 0 radical (unpaired) electrons. The minimum absolute atomic E-state index is 0.293. The first-order chi connectivity index (χ1) is 11.6. The van der Waals surface area contributed by atoms with E-state index in [0.29, 0.717) is 22.1 Å². The van der Waals surface area contributed by atoms with Crippen molar-refractivity contribution in [2.75, 3.05) is 0 Å². The van der Waals surface area contributed by atoms with E-state index in [1.807, 2.05) is 24.3 Å². The van der Waals surface area contributed by atoms with E-state index in [4.69, 9.17) is 0 Å². The van der Waals surface area contributed by atoms with Gasteiger partial charge in [0.2, 0.25) is 0 Å². The zero-order valence-electron chi connectivity index (χ0n) is 13.5. The minimum Gasteiger partial charge on any atom is -0.504 e. The summed E-state index contributed by atoms with van der Waals surface area (Å²) in [5.74, 6) is -1.36. The van der Waals surface area contributed by atoms with Crippen molar-refractivity contribution in [2.45, 2.75) is 32.6 Å². The van der Waals surface area contributed by atoms with Gasteiger partial charge in [0.1, 0.15) is 5.82 Å². The average Bonchev–Trinajstić information content (AvgIpc) is 2.58.